The number of ether oxygens (including phenoxy) is 1. The van der Waals surface area contributed by atoms with Crippen molar-refractivity contribution in [2.75, 3.05) is 12.8 Å². The zero-order valence-corrected chi connectivity index (χ0v) is 12.1. The number of methoxy groups -OCH3 is 1. The molecular formula is C15H14BrNO2. The second kappa shape index (κ2) is 5.89. The lowest BCUT2D eigenvalue weighted by Crippen LogP contribution is -2.06. The third-order valence-corrected chi connectivity index (χ3v) is 3.46. The molecule has 3 nitrogen and oxygen atoms in total. The summed E-state index contributed by atoms with van der Waals surface area (Å²) in [7, 11) is 1.61. The highest BCUT2D eigenvalue weighted by Crippen LogP contribution is 2.26. The summed E-state index contributed by atoms with van der Waals surface area (Å²) in [4.78, 5) is 12.2. The third-order valence-electron chi connectivity index (χ3n) is 2.84. The summed E-state index contributed by atoms with van der Waals surface area (Å²) in [6.07, 6.45) is 0.316. The predicted octanol–water partition coefficient (Wildman–Crippen LogP) is 3.47. The summed E-state index contributed by atoms with van der Waals surface area (Å²) >= 11 is 3.41. The Morgan fingerprint density at radius 1 is 1.26 bits per heavy atom. The number of halogens is 1. The van der Waals surface area contributed by atoms with Gasteiger partial charge in [-0.25, -0.2) is 0 Å². The maximum Gasteiger partial charge on any atom is 0.169 e. The first-order chi connectivity index (χ1) is 9.11. The molecule has 0 aliphatic rings. The molecule has 0 aromatic heterocycles. The van der Waals surface area contributed by atoms with E-state index in [2.05, 4.69) is 15.9 Å². The Labute approximate surface area is 120 Å². The normalized spacial score (nSPS) is 10.2. The SMILES string of the molecule is COc1ccc(CC(=O)c2ccccc2N)cc1Br. The van der Waals surface area contributed by atoms with Crippen LogP contribution < -0.4 is 10.5 Å². The van der Waals surface area contributed by atoms with E-state index in [1.807, 2.05) is 30.3 Å². The number of hydrogen-bond acceptors (Lipinski definition) is 3. The molecule has 0 atom stereocenters. The van der Waals surface area contributed by atoms with Crippen LogP contribution in [0.15, 0.2) is 46.9 Å². The van der Waals surface area contributed by atoms with Gasteiger partial charge in [0.15, 0.2) is 5.78 Å². The Bertz CT molecular complexity index is 611. The number of benzene rings is 2. The van der Waals surface area contributed by atoms with Crippen LogP contribution in [0.2, 0.25) is 0 Å². The monoisotopic (exact) mass is 319 g/mol. The minimum absolute atomic E-state index is 0.00941. The maximum atomic E-state index is 12.2. The quantitative estimate of drug-likeness (QED) is 0.693. The lowest BCUT2D eigenvalue weighted by atomic mass is 10.0. The van der Waals surface area contributed by atoms with Crippen LogP contribution in [-0.4, -0.2) is 12.9 Å². The lowest BCUT2D eigenvalue weighted by Gasteiger charge is -2.07. The molecule has 2 aromatic rings. The molecule has 2 N–H and O–H groups in total. The molecule has 0 aliphatic heterocycles. The summed E-state index contributed by atoms with van der Waals surface area (Å²) in [6, 6.07) is 12.7. The first-order valence-corrected chi connectivity index (χ1v) is 6.61. The zero-order chi connectivity index (χ0) is 13.8. The van der Waals surface area contributed by atoms with Gasteiger partial charge in [0, 0.05) is 17.7 Å². The highest BCUT2D eigenvalue weighted by Gasteiger charge is 2.11. The van der Waals surface area contributed by atoms with E-state index in [-0.39, 0.29) is 5.78 Å². The molecule has 2 aromatic carbocycles. The van der Waals surface area contributed by atoms with Gasteiger partial charge in [-0.05, 0) is 45.8 Å². The van der Waals surface area contributed by atoms with E-state index in [0.29, 0.717) is 17.7 Å². The van der Waals surface area contributed by atoms with Crippen LogP contribution in [-0.2, 0) is 6.42 Å². The van der Waals surface area contributed by atoms with Crippen LogP contribution in [0.25, 0.3) is 0 Å². The number of ketones is 1. The van der Waals surface area contributed by atoms with Gasteiger partial charge in [0.25, 0.3) is 0 Å². The van der Waals surface area contributed by atoms with Gasteiger partial charge in [-0.2, -0.15) is 0 Å². The van der Waals surface area contributed by atoms with E-state index in [9.17, 15) is 4.79 Å². The van der Waals surface area contributed by atoms with E-state index >= 15 is 0 Å². The molecule has 98 valence electrons. The Hall–Kier alpha value is -1.81. The van der Waals surface area contributed by atoms with E-state index in [1.165, 1.54) is 0 Å². The van der Waals surface area contributed by atoms with Gasteiger partial charge in [0.05, 0.1) is 11.6 Å². The van der Waals surface area contributed by atoms with Crippen LogP contribution in [0.5, 0.6) is 5.75 Å². The molecule has 4 heteroatoms. The van der Waals surface area contributed by atoms with Crippen molar-refractivity contribution in [3.63, 3.8) is 0 Å². The maximum absolute atomic E-state index is 12.2. The van der Waals surface area contributed by atoms with Gasteiger partial charge in [0.1, 0.15) is 5.75 Å². The number of anilines is 1. The molecule has 0 bridgehead atoms. The summed E-state index contributed by atoms with van der Waals surface area (Å²) in [5.74, 6) is 0.755. The summed E-state index contributed by atoms with van der Waals surface area (Å²) in [5.41, 5.74) is 7.80. The topological polar surface area (TPSA) is 52.3 Å². The second-order valence-corrected chi connectivity index (χ2v) is 5.01. The Balaban J connectivity index is 2.20. The first-order valence-electron chi connectivity index (χ1n) is 5.82. The third kappa shape index (κ3) is 3.15. The van der Waals surface area contributed by atoms with Crippen LogP contribution in [0.4, 0.5) is 5.69 Å². The fraction of sp³-hybridized carbons (Fsp3) is 0.133. The number of para-hydroxylation sites is 1. The number of Topliss-reactive ketones (excluding diaryl/α,β-unsaturated/α-hetero) is 1. The molecule has 0 saturated carbocycles. The van der Waals surface area contributed by atoms with Crippen LogP contribution >= 0.6 is 15.9 Å². The van der Waals surface area contributed by atoms with E-state index in [0.717, 1.165) is 15.8 Å². The van der Waals surface area contributed by atoms with Gasteiger partial charge in [-0.15, -0.1) is 0 Å². The van der Waals surface area contributed by atoms with Crippen molar-refractivity contribution in [2.24, 2.45) is 0 Å². The highest BCUT2D eigenvalue weighted by molar-refractivity contribution is 9.10. The predicted molar refractivity (Wildman–Crippen MR) is 79.6 cm³/mol. The van der Waals surface area contributed by atoms with Crippen LogP contribution in [0.3, 0.4) is 0 Å². The molecule has 0 heterocycles. The molecular weight excluding hydrogens is 306 g/mol. The van der Waals surface area contributed by atoms with Crippen molar-refractivity contribution in [3.8, 4) is 5.75 Å². The summed E-state index contributed by atoms with van der Waals surface area (Å²) in [5, 5.41) is 0. The van der Waals surface area contributed by atoms with E-state index < -0.39 is 0 Å². The van der Waals surface area contributed by atoms with Gasteiger partial charge in [-0.3, -0.25) is 4.79 Å². The number of carbonyl (C=O) groups is 1. The number of nitrogen functional groups attached to an aromatic ring is 1. The van der Waals surface area contributed by atoms with Crippen LogP contribution in [0, 0.1) is 0 Å². The minimum Gasteiger partial charge on any atom is -0.496 e. The van der Waals surface area contributed by atoms with Crippen molar-refractivity contribution < 1.29 is 9.53 Å². The fourth-order valence-corrected chi connectivity index (χ4v) is 2.44. The summed E-state index contributed by atoms with van der Waals surface area (Å²) in [6.45, 7) is 0. The average Bonchev–Trinajstić information content (AvgIpc) is 2.39. The van der Waals surface area contributed by atoms with Gasteiger partial charge >= 0.3 is 0 Å². The largest absolute Gasteiger partial charge is 0.496 e. The summed E-state index contributed by atoms with van der Waals surface area (Å²) < 4.78 is 5.99. The Morgan fingerprint density at radius 3 is 2.63 bits per heavy atom. The molecule has 0 spiro atoms. The zero-order valence-electron chi connectivity index (χ0n) is 10.5. The number of nitrogens with two attached hydrogens (primary N) is 1. The molecule has 0 aliphatic carbocycles. The lowest BCUT2D eigenvalue weighted by molar-refractivity contribution is 0.0994. The van der Waals surface area contributed by atoms with Gasteiger partial charge in [0.2, 0.25) is 0 Å². The molecule has 0 radical (unpaired) electrons. The van der Waals surface area contributed by atoms with Gasteiger partial charge in [-0.1, -0.05) is 18.2 Å². The van der Waals surface area contributed by atoms with Crippen molar-refractivity contribution in [1.82, 2.24) is 0 Å². The Morgan fingerprint density at radius 2 is 2.00 bits per heavy atom. The van der Waals surface area contributed by atoms with E-state index in [4.69, 9.17) is 10.5 Å². The van der Waals surface area contributed by atoms with Crippen molar-refractivity contribution >= 4 is 27.4 Å². The van der Waals surface area contributed by atoms with E-state index in [1.54, 1.807) is 19.2 Å². The number of carbonyl (C=O) groups excluding carboxylic acids is 1. The highest BCUT2D eigenvalue weighted by atomic mass is 79.9. The second-order valence-electron chi connectivity index (χ2n) is 4.16. The molecule has 0 amide bonds. The van der Waals surface area contributed by atoms with Crippen molar-refractivity contribution in [3.05, 3.63) is 58.1 Å². The molecule has 19 heavy (non-hydrogen) atoms. The average molecular weight is 320 g/mol. The molecule has 2 rings (SSSR count). The smallest absolute Gasteiger partial charge is 0.169 e. The molecule has 0 fully saturated rings. The van der Waals surface area contributed by atoms with Crippen molar-refractivity contribution in [2.45, 2.75) is 6.42 Å². The number of hydrogen-bond donors (Lipinski definition) is 1. The standard InChI is InChI=1S/C15H14BrNO2/c1-19-15-7-6-10(8-12(15)16)9-14(18)11-4-2-3-5-13(11)17/h2-8H,9,17H2,1H3. The number of rotatable bonds is 4. The van der Waals surface area contributed by atoms with Crippen LogP contribution in [0.1, 0.15) is 15.9 Å². The molecule has 0 saturated heterocycles. The van der Waals surface area contributed by atoms with Crippen molar-refractivity contribution in [1.29, 1.82) is 0 Å². The first kappa shape index (κ1) is 13.6. The van der Waals surface area contributed by atoms with Gasteiger partial charge < -0.3 is 10.5 Å². The fourth-order valence-electron chi connectivity index (χ4n) is 1.85. The Kier molecular flexibility index (Phi) is 4.22. The minimum atomic E-state index is 0.00941. The molecule has 0 unspecified atom stereocenters.